The lowest BCUT2D eigenvalue weighted by Crippen LogP contribution is -2.76. The van der Waals surface area contributed by atoms with Crippen LogP contribution in [0.3, 0.4) is 0 Å². The Kier molecular flexibility index (Phi) is 5.08. The van der Waals surface area contributed by atoms with E-state index in [0.29, 0.717) is 29.2 Å². The quantitative estimate of drug-likeness (QED) is 0.453. The molecule has 1 aliphatic carbocycles. The number of aromatic nitrogens is 1. The summed E-state index contributed by atoms with van der Waals surface area (Å²) in [6, 6.07) is 6.62. The molecule has 3 aliphatic rings. The van der Waals surface area contributed by atoms with Crippen molar-refractivity contribution in [2.45, 2.75) is 57.0 Å². The van der Waals surface area contributed by atoms with Gasteiger partial charge in [0.25, 0.3) is 5.91 Å². The van der Waals surface area contributed by atoms with Crippen molar-refractivity contribution in [3.05, 3.63) is 35.9 Å². The number of likely N-dealkylation sites (N-methyl/N-ethyl adjacent to an activating group) is 1. The molecule has 1 unspecified atom stereocenters. The predicted octanol–water partition coefficient (Wildman–Crippen LogP) is 2.02. The SMILES string of the molecule is CCC1CN(C)C2=C(N[C@@](N)(Nc3cc4[nH]ccc4cc3OC)NC2=O)N1C1CCCC1. The number of carbonyl (C=O) groups excluding carboxylic acids is 1. The van der Waals surface area contributed by atoms with Gasteiger partial charge in [-0.05, 0) is 37.5 Å². The fourth-order valence-corrected chi connectivity index (χ4v) is 5.45. The summed E-state index contributed by atoms with van der Waals surface area (Å²) in [5, 5.41) is 10.7. The van der Waals surface area contributed by atoms with Crippen LogP contribution >= 0.6 is 0 Å². The van der Waals surface area contributed by atoms with Gasteiger partial charge in [-0.25, -0.2) is 0 Å². The van der Waals surface area contributed by atoms with E-state index in [2.05, 4.69) is 32.8 Å². The van der Waals surface area contributed by atoms with E-state index in [1.54, 1.807) is 7.11 Å². The summed E-state index contributed by atoms with van der Waals surface area (Å²) in [6.45, 7) is 3.03. The lowest BCUT2D eigenvalue weighted by Gasteiger charge is -2.52. The highest BCUT2D eigenvalue weighted by Gasteiger charge is 2.45. The first kappa shape index (κ1) is 20.8. The Bertz CT molecular complexity index is 1060. The number of hydrogen-bond donors (Lipinski definition) is 5. The van der Waals surface area contributed by atoms with Crippen LogP contribution in [0.4, 0.5) is 5.69 Å². The molecule has 1 saturated carbocycles. The summed E-state index contributed by atoms with van der Waals surface area (Å²) < 4.78 is 5.59. The highest BCUT2D eigenvalue weighted by atomic mass is 16.5. The van der Waals surface area contributed by atoms with Crippen LogP contribution in [0.25, 0.3) is 10.9 Å². The molecule has 2 aromatic rings. The monoisotopic (exact) mass is 439 g/mol. The zero-order valence-corrected chi connectivity index (χ0v) is 19.0. The van der Waals surface area contributed by atoms with E-state index in [-0.39, 0.29) is 5.91 Å². The van der Waals surface area contributed by atoms with Crippen molar-refractivity contribution in [1.29, 1.82) is 0 Å². The third-order valence-corrected chi connectivity index (χ3v) is 6.98. The first-order valence-electron chi connectivity index (χ1n) is 11.5. The largest absolute Gasteiger partial charge is 0.495 e. The van der Waals surface area contributed by atoms with E-state index in [4.69, 9.17) is 10.5 Å². The summed E-state index contributed by atoms with van der Waals surface area (Å²) in [5.41, 5.74) is 9.01. The zero-order chi connectivity index (χ0) is 22.5. The van der Waals surface area contributed by atoms with E-state index in [0.717, 1.165) is 42.5 Å². The maximum absolute atomic E-state index is 13.3. The van der Waals surface area contributed by atoms with Gasteiger partial charge in [0, 0.05) is 42.8 Å². The number of ether oxygens (including phenoxy) is 1. The molecule has 2 aliphatic heterocycles. The summed E-state index contributed by atoms with van der Waals surface area (Å²) in [4.78, 5) is 21.0. The molecule has 2 atom stereocenters. The molecule has 1 aromatic carbocycles. The number of rotatable bonds is 5. The van der Waals surface area contributed by atoms with Gasteiger partial charge in [-0.2, -0.15) is 0 Å². The lowest BCUT2D eigenvalue weighted by atomic mass is 10.0. The minimum atomic E-state index is -1.36. The third kappa shape index (κ3) is 3.40. The number of nitrogens with two attached hydrogens (primary N) is 1. The summed E-state index contributed by atoms with van der Waals surface area (Å²) in [6.07, 6.45) is 7.61. The molecule has 0 spiro atoms. The maximum atomic E-state index is 13.3. The van der Waals surface area contributed by atoms with Gasteiger partial charge in [0.05, 0.1) is 12.8 Å². The third-order valence-electron chi connectivity index (χ3n) is 6.98. The molecule has 172 valence electrons. The molecule has 3 heterocycles. The van der Waals surface area contributed by atoms with E-state index in [9.17, 15) is 4.79 Å². The van der Waals surface area contributed by atoms with Crippen LogP contribution in [-0.2, 0) is 4.79 Å². The van der Waals surface area contributed by atoms with Crippen molar-refractivity contribution in [1.82, 2.24) is 25.4 Å². The van der Waals surface area contributed by atoms with Gasteiger partial charge in [0.1, 0.15) is 17.3 Å². The van der Waals surface area contributed by atoms with Crippen LogP contribution < -0.4 is 26.4 Å². The smallest absolute Gasteiger partial charge is 0.275 e. The Morgan fingerprint density at radius 2 is 2.06 bits per heavy atom. The number of H-pyrrole nitrogens is 1. The van der Waals surface area contributed by atoms with E-state index in [1.165, 1.54) is 12.8 Å². The molecular weight excluding hydrogens is 406 g/mol. The number of anilines is 1. The molecule has 1 fully saturated rings. The summed E-state index contributed by atoms with van der Waals surface area (Å²) in [5.74, 6) is -0.0842. The molecule has 0 saturated heterocycles. The number of amides is 1. The number of carbonyl (C=O) groups is 1. The van der Waals surface area contributed by atoms with Crippen molar-refractivity contribution in [3.8, 4) is 5.75 Å². The molecule has 1 amide bonds. The number of methoxy groups -OCH3 is 1. The van der Waals surface area contributed by atoms with Gasteiger partial charge in [-0.3, -0.25) is 15.8 Å². The molecule has 0 radical (unpaired) electrons. The van der Waals surface area contributed by atoms with E-state index in [1.807, 2.05) is 36.3 Å². The maximum Gasteiger partial charge on any atom is 0.275 e. The highest BCUT2D eigenvalue weighted by molar-refractivity contribution is 5.95. The second-order valence-corrected chi connectivity index (χ2v) is 9.11. The molecule has 9 heteroatoms. The second kappa shape index (κ2) is 7.81. The van der Waals surface area contributed by atoms with Crippen molar-refractivity contribution in [3.63, 3.8) is 0 Å². The average molecular weight is 440 g/mol. The van der Waals surface area contributed by atoms with Gasteiger partial charge in [-0.1, -0.05) is 19.8 Å². The molecular formula is C23H33N7O2. The molecule has 5 rings (SSSR count). The number of hydrogen-bond acceptors (Lipinski definition) is 7. The first-order chi connectivity index (χ1) is 15.4. The fraction of sp³-hybridized carbons (Fsp3) is 0.522. The molecule has 32 heavy (non-hydrogen) atoms. The molecule has 1 aromatic heterocycles. The number of aromatic amines is 1. The van der Waals surface area contributed by atoms with Crippen LogP contribution in [-0.4, -0.2) is 59.4 Å². The standard InChI is InChI=1S/C23H33N7O2/c1-4-15-13-29(2)20-21(30(15)16-7-5-6-8-16)27-23(24,28-22(20)31)26-18-12-17-14(9-10-25-17)11-19(18)32-3/h9-12,15-16,25-27H,4-8,13,24H2,1-3H3,(H,28,31)/t15?,23-/m1/s1. The highest BCUT2D eigenvalue weighted by Crippen LogP contribution is 2.36. The Morgan fingerprint density at radius 3 is 2.78 bits per heavy atom. The van der Waals surface area contributed by atoms with Crippen LogP contribution in [0.5, 0.6) is 5.75 Å². The van der Waals surface area contributed by atoms with E-state index >= 15 is 0 Å². The molecule has 9 nitrogen and oxygen atoms in total. The summed E-state index contributed by atoms with van der Waals surface area (Å²) >= 11 is 0. The van der Waals surface area contributed by atoms with Crippen LogP contribution in [0, 0.1) is 0 Å². The topological polar surface area (TPSA) is 111 Å². The summed E-state index contributed by atoms with van der Waals surface area (Å²) in [7, 11) is 3.60. The van der Waals surface area contributed by atoms with Gasteiger partial charge < -0.3 is 30.2 Å². The number of fused-ring (bicyclic) bond motifs is 1. The van der Waals surface area contributed by atoms with Gasteiger partial charge in [0.2, 0.25) is 5.91 Å². The van der Waals surface area contributed by atoms with Crippen molar-refractivity contribution in [2.24, 2.45) is 5.73 Å². The van der Waals surface area contributed by atoms with Gasteiger partial charge in [-0.15, -0.1) is 0 Å². The van der Waals surface area contributed by atoms with Crippen LogP contribution in [0.15, 0.2) is 35.9 Å². The van der Waals surface area contributed by atoms with Crippen molar-refractivity contribution in [2.75, 3.05) is 26.0 Å². The number of benzene rings is 1. The Morgan fingerprint density at radius 1 is 1.28 bits per heavy atom. The first-order valence-corrected chi connectivity index (χ1v) is 11.5. The minimum absolute atomic E-state index is 0.186. The molecule has 0 bridgehead atoms. The number of nitrogens with one attached hydrogen (secondary N) is 4. The Balaban J connectivity index is 1.52. The minimum Gasteiger partial charge on any atom is -0.495 e. The lowest BCUT2D eigenvalue weighted by molar-refractivity contribution is -0.123. The number of nitrogens with zero attached hydrogens (tertiary/aromatic N) is 2. The van der Waals surface area contributed by atoms with Crippen LogP contribution in [0.1, 0.15) is 39.0 Å². The molecule has 6 N–H and O–H groups in total. The van der Waals surface area contributed by atoms with E-state index < -0.39 is 5.91 Å². The van der Waals surface area contributed by atoms with Crippen LogP contribution in [0.2, 0.25) is 0 Å². The van der Waals surface area contributed by atoms with Gasteiger partial charge >= 0.3 is 0 Å². The predicted molar refractivity (Wildman–Crippen MR) is 125 cm³/mol. The fourth-order valence-electron chi connectivity index (χ4n) is 5.45. The second-order valence-electron chi connectivity index (χ2n) is 9.11. The van der Waals surface area contributed by atoms with Gasteiger partial charge in [0.15, 0.2) is 0 Å². The zero-order valence-electron chi connectivity index (χ0n) is 19.0. The Hall–Kier alpha value is -3.07. The van der Waals surface area contributed by atoms with Crippen molar-refractivity contribution >= 4 is 22.5 Å². The van der Waals surface area contributed by atoms with Crippen molar-refractivity contribution < 1.29 is 9.53 Å². The average Bonchev–Trinajstić information content (AvgIpc) is 3.43. The Labute approximate surface area is 188 Å². The normalized spacial score (nSPS) is 26.2.